The summed E-state index contributed by atoms with van der Waals surface area (Å²) in [5.41, 5.74) is -0.00307. The Kier molecular flexibility index (Phi) is 4.10. The van der Waals surface area contributed by atoms with Crippen LogP contribution in [0, 0.1) is 5.92 Å². The lowest BCUT2D eigenvalue weighted by Gasteiger charge is -2.16. The first kappa shape index (κ1) is 16.5. The van der Waals surface area contributed by atoms with Crippen LogP contribution >= 0.6 is 0 Å². The van der Waals surface area contributed by atoms with Gasteiger partial charge in [0.25, 0.3) is 5.91 Å². The Morgan fingerprint density at radius 1 is 1.33 bits per heavy atom. The number of carbonyl (C=O) groups excluding carboxylic acids is 1. The normalized spacial score (nSPS) is 18.4. The summed E-state index contributed by atoms with van der Waals surface area (Å²) >= 11 is 0. The smallest absolute Gasteiger partial charge is 0.337 e. The molecule has 2 aromatic rings. The molecule has 24 heavy (non-hydrogen) atoms. The molecule has 1 atom stereocenters. The molecule has 0 radical (unpaired) electrons. The van der Waals surface area contributed by atoms with Crippen LogP contribution in [-0.4, -0.2) is 43.5 Å². The van der Waals surface area contributed by atoms with Crippen LogP contribution in [0.1, 0.15) is 28.3 Å². The highest BCUT2D eigenvalue weighted by molar-refractivity contribution is 5.92. The molecular formula is C15H18F3N5O. The minimum Gasteiger partial charge on any atom is -0.337 e. The van der Waals surface area contributed by atoms with Crippen molar-refractivity contribution in [2.24, 2.45) is 20.0 Å². The number of nitrogens with zero attached hydrogens (tertiary/aromatic N) is 5. The monoisotopic (exact) mass is 341 g/mol. The number of halogens is 3. The summed E-state index contributed by atoms with van der Waals surface area (Å²) in [5, 5.41) is 7.51. The second-order valence-corrected chi connectivity index (χ2v) is 6.09. The highest BCUT2D eigenvalue weighted by Gasteiger charge is 2.37. The van der Waals surface area contributed by atoms with Crippen LogP contribution in [0.15, 0.2) is 18.3 Å². The Balaban J connectivity index is 1.69. The summed E-state index contributed by atoms with van der Waals surface area (Å²) in [5.74, 6) is -0.132. The van der Waals surface area contributed by atoms with E-state index >= 15 is 0 Å². The Hall–Kier alpha value is -2.32. The second-order valence-electron chi connectivity index (χ2n) is 6.09. The molecule has 0 aliphatic carbocycles. The molecule has 130 valence electrons. The molecule has 9 heteroatoms. The van der Waals surface area contributed by atoms with Crippen LogP contribution in [0.5, 0.6) is 0 Å². The first-order valence-corrected chi connectivity index (χ1v) is 7.63. The van der Waals surface area contributed by atoms with E-state index in [1.165, 1.54) is 7.05 Å². The van der Waals surface area contributed by atoms with Crippen molar-refractivity contribution in [3.63, 3.8) is 0 Å². The fourth-order valence-corrected chi connectivity index (χ4v) is 3.05. The Bertz CT molecular complexity index is 749. The van der Waals surface area contributed by atoms with Gasteiger partial charge in [-0.3, -0.25) is 14.2 Å². The maximum absolute atomic E-state index is 12.7. The molecule has 0 aromatic carbocycles. The Morgan fingerprint density at radius 3 is 2.67 bits per heavy atom. The number of alkyl halides is 3. The molecular weight excluding hydrogens is 323 g/mol. The molecule has 3 rings (SSSR count). The van der Waals surface area contributed by atoms with E-state index in [1.54, 1.807) is 15.8 Å². The lowest BCUT2D eigenvalue weighted by Crippen LogP contribution is -2.30. The van der Waals surface area contributed by atoms with Gasteiger partial charge in [0.15, 0.2) is 5.69 Å². The van der Waals surface area contributed by atoms with Crippen LogP contribution in [0.2, 0.25) is 0 Å². The molecule has 1 aliphatic heterocycles. The fourth-order valence-electron chi connectivity index (χ4n) is 3.05. The minimum atomic E-state index is -4.55. The lowest BCUT2D eigenvalue weighted by atomic mass is 10.0. The molecule has 3 heterocycles. The standard InChI is InChI=1S/C15H18F3N5O/c1-21-11(3-5-19-21)7-10-4-6-23(9-10)14(24)12-8-13(15(16,17)18)20-22(12)2/h3,5,8,10H,4,6-7,9H2,1-2H3. The van der Waals surface area contributed by atoms with Gasteiger partial charge in [0.05, 0.1) is 0 Å². The molecule has 0 N–H and O–H groups in total. The quantitative estimate of drug-likeness (QED) is 0.857. The highest BCUT2D eigenvalue weighted by Crippen LogP contribution is 2.29. The van der Waals surface area contributed by atoms with E-state index in [1.807, 2.05) is 13.1 Å². The fraction of sp³-hybridized carbons (Fsp3) is 0.533. The average molecular weight is 341 g/mol. The van der Waals surface area contributed by atoms with Gasteiger partial charge in [0.1, 0.15) is 5.69 Å². The predicted molar refractivity (Wildman–Crippen MR) is 79.1 cm³/mol. The van der Waals surface area contributed by atoms with Crippen LogP contribution in [-0.2, 0) is 26.7 Å². The summed E-state index contributed by atoms with van der Waals surface area (Å²) in [7, 11) is 3.22. The Morgan fingerprint density at radius 2 is 2.08 bits per heavy atom. The molecule has 0 spiro atoms. The van der Waals surface area contributed by atoms with Crippen LogP contribution in [0.25, 0.3) is 0 Å². The van der Waals surface area contributed by atoms with Crippen LogP contribution < -0.4 is 0 Å². The average Bonchev–Trinajstić information content (AvgIpc) is 3.20. The number of aromatic nitrogens is 4. The molecule has 1 fully saturated rings. The van der Waals surface area contributed by atoms with E-state index in [4.69, 9.17) is 0 Å². The summed E-state index contributed by atoms with van der Waals surface area (Å²) in [4.78, 5) is 14.1. The summed E-state index contributed by atoms with van der Waals surface area (Å²) in [6.07, 6.45) is -1.22. The molecule has 2 aromatic heterocycles. The molecule has 0 bridgehead atoms. The summed E-state index contributed by atoms with van der Waals surface area (Å²) in [6, 6.07) is 2.75. The van der Waals surface area contributed by atoms with E-state index < -0.39 is 17.8 Å². The third kappa shape index (κ3) is 3.15. The van der Waals surface area contributed by atoms with Crippen molar-refractivity contribution in [1.82, 2.24) is 24.5 Å². The molecule has 1 saturated heterocycles. The van der Waals surface area contributed by atoms with E-state index in [0.717, 1.165) is 29.3 Å². The topological polar surface area (TPSA) is 56.0 Å². The summed E-state index contributed by atoms with van der Waals surface area (Å²) < 4.78 is 41.0. The van der Waals surface area contributed by atoms with Gasteiger partial charge in [-0.2, -0.15) is 23.4 Å². The maximum Gasteiger partial charge on any atom is 0.435 e. The highest BCUT2D eigenvalue weighted by atomic mass is 19.4. The number of hydrogen-bond donors (Lipinski definition) is 0. The largest absolute Gasteiger partial charge is 0.435 e. The third-order valence-corrected chi connectivity index (χ3v) is 4.38. The minimum absolute atomic E-state index is 0.0384. The number of rotatable bonds is 3. The van der Waals surface area contributed by atoms with Crippen molar-refractivity contribution in [2.75, 3.05) is 13.1 Å². The Labute approximate surface area is 136 Å². The SMILES string of the molecule is Cn1nccc1CC1CCN(C(=O)c2cc(C(F)(F)F)nn2C)C1. The second kappa shape index (κ2) is 5.95. The van der Waals surface area contributed by atoms with Crippen LogP contribution in [0.3, 0.4) is 0 Å². The summed E-state index contributed by atoms with van der Waals surface area (Å²) in [6.45, 7) is 1.06. The van der Waals surface area contributed by atoms with Crippen molar-refractivity contribution in [2.45, 2.75) is 19.0 Å². The van der Waals surface area contributed by atoms with Crippen molar-refractivity contribution in [1.29, 1.82) is 0 Å². The molecule has 1 aliphatic rings. The van der Waals surface area contributed by atoms with Gasteiger partial charge in [-0.15, -0.1) is 0 Å². The van der Waals surface area contributed by atoms with Crippen molar-refractivity contribution < 1.29 is 18.0 Å². The lowest BCUT2D eigenvalue weighted by molar-refractivity contribution is -0.141. The van der Waals surface area contributed by atoms with Gasteiger partial charge in [-0.05, 0) is 24.8 Å². The first-order valence-electron chi connectivity index (χ1n) is 7.63. The van der Waals surface area contributed by atoms with Gasteiger partial charge in [0, 0.05) is 45.1 Å². The zero-order chi connectivity index (χ0) is 17.5. The van der Waals surface area contributed by atoms with E-state index in [-0.39, 0.29) is 11.6 Å². The van der Waals surface area contributed by atoms with Crippen molar-refractivity contribution >= 4 is 5.91 Å². The van der Waals surface area contributed by atoms with Crippen molar-refractivity contribution in [3.8, 4) is 0 Å². The molecule has 1 amide bonds. The van der Waals surface area contributed by atoms with Crippen LogP contribution in [0.4, 0.5) is 13.2 Å². The van der Waals surface area contributed by atoms with Crippen molar-refractivity contribution in [3.05, 3.63) is 35.4 Å². The molecule has 1 unspecified atom stereocenters. The number of hydrogen-bond acceptors (Lipinski definition) is 3. The number of carbonyl (C=O) groups is 1. The zero-order valence-electron chi connectivity index (χ0n) is 13.4. The van der Waals surface area contributed by atoms with Gasteiger partial charge in [-0.1, -0.05) is 0 Å². The van der Waals surface area contributed by atoms with E-state index in [9.17, 15) is 18.0 Å². The first-order chi connectivity index (χ1) is 11.3. The molecule has 0 saturated carbocycles. The van der Waals surface area contributed by atoms with E-state index in [0.29, 0.717) is 13.1 Å². The van der Waals surface area contributed by atoms with Gasteiger partial charge in [0.2, 0.25) is 0 Å². The van der Waals surface area contributed by atoms with Gasteiger partial charge in [-0.25, -0.2) is 0 Å². The van der Waals surface area contributed by atoms with E-state index in [2.05, 4.69) is 10.2 Å². The third-order valence-electron chi connectivity index (χ3n) is 4.38. The number of likely N-dealkylation sites (tertiary alicyclic amines) is 1. The van der Waals surface area contributed by atoms with Gasteiger partial charge >= 0.3 is 6.18 Å². The molecule has 6 nitrogen and oxygen atoms in total. The number of amides is 1. The zero-order valence-corrected chi connectivity index (χ0v) is 13.4. The number of aryl methyl sites for hydroxylation is 2. The predicted octanol–water partition coefficient (Wildman–Crippen LogP) is 1.88. The maximum atomic E-state index is 12.7. The van der Waals surface area contributed by atoms with Gasteiger partial charge < -0.3 is 4.90 Å².